The first-order chi connectivity index (χ1) is 13.5. The quantitative estimate of drug-likeness (QED) is 0.500. The van der Waals surface area contributed by atoms with Gasteiger partial charge < -0.3 is 10.1 Å². The molecule has 0 atom stereocenters. The number of halogens is 1. The van der Waals surface area contributed by atoms with Crippen LogP contribution in [0.2, 0.25) is 5.02 Å². The van der Waals surface area contributed by atoms with Crippen LogP contribution < -0.4 is 5.32 Å². The lowest BCUT2D eigenvalue weighted by molar-refractivity contribution is -0.141. The number of carbonyl (C=O) groups is 2. The predicted octanol–water partition coefficient (Wildman–Crippen LogP) is 2.21. The van der Waals surface area contributed by atoms with Crippen LogP contribution in [-0.4, -0.2) is 43.7 Å². The lowest BCUT2D eigenvalue weighted by Gasteiger charge is -2.09. The van der Waals surface area contributed by atoms with Crippen LogP contribution in [0.1, 0.15) is 11.4 Å². The number of nitrogens with zero attached hydrogens (tertiary/aromatic N) is 5. The van der Waals surface area contributed by atoms with Crippen molar-refractivity contribution in [1.82, 2.24) is 25.2 Å². The Hall–Kier alpha value is -3.59. The summed E-state index contributed by atoms with van der Waals surface area (Å²) in [6.07, 6.45) is 2.97. The fraction of sp³-hybridized carbons (Fsp3) is 0.111. The van der Waals surface area contributed by atoms with Gasteiger partial charge in [0.2, 0.25) is 0 Å². The standard InChI is InChI=1S/C18H15ClN6O3/c1-12-22-23-24-25(12)15(9-13-5-3-2-4-6-13)18(27)28-11-17(26)21-16-8-7-14(19)10-20-16/h2-10H,11H2,1H3,(H,20,21,26)/b15-9-. The van der Waals surface area contributed by atoms with Gasteiger partial charge in [0.25, 0.3) is 5.91 Å². The normalized spacial score (nSPS) is 11.1. The first-order valence-corrected chi connectivity index (χ1v) is 8.51. The SMILES string of the molecule is Cc1nnnn1/C(=C\c1ccccc1)C(=O)OCC(=O)Nc1ccc(Cl)cn1. The molecule has 1 N–H and O–H groups in total. The molecular weight excluding hydrogens is 384 g/mol. The van der Waals surface area contributed by atoms with Gasteiger partial charge in [0.05, 0.1) is 5.02 Å². The molecule has 3 aromatic rings. The van der Waals surface area contributed by atoms with E-state index in [1.54, 1.807) is 19.1 Å². The van der Waals surface area contributed by atoms with E-state index in [4.69, 9.17) is 16.3 Å². The molecule has 142 valence electrons. The van der Waals surface area contributed by atoms with Gasteiger partial charge in [0, 0.05) is 6.20 Å². The molecule has 0 aliphatic rings. The second-order valence-corrected chi connectivity index (χ2v) is 6.00. The average Bonchev–Trinajstić information content (AvgIpc) is 3.12. The van der Waals surface area contributed by atoms with Gasteiger partial charge in [-0.25, -0.2) is 9.78 Å². The van der Waals surface area contributed by atoms with Crippen molar-refractivity contribution >= 4 is 41.1 Å². The molecule has 2 heterocycles. The molecule has 3 rings (SSSR count). The number of hydrogen-bond acceptors (Lipinski definition) is 7. The van der Waals surface area contributed by atoms with Crippen molar-refractivity contribution in [3.05, 3.63) is 65.1 Å². The number of carbonyl (C=O) groups excluding carboxylic acids is 2. The van der Waals surface area contributed by atoms with Crippen molar-refractivity contribution in [2.24, 2.45) is 0 Å². The van der Waals surface area contributed by atoms with Crippen LogP contribution in [0.3, 0.4) is 0 Å². The van der Waals surface area contributed by atoms with Crippen LogP contribution in [-0.2, 0) is 14.3 Å². The Balaban J connectivity index is 1.71. The van der Waals surface area contributed by atoms with Gasteiger partial charge >= 0.3 is 5.97 Å². The maximum Gasteiger partial charge on any atom is 0.357 e. The minimum atomic E-state index is -0.751. The molecule has 0 spiro atoms. The molecule has 0 aliphatic carbocycles. The summed E-state index contributed by atoms with van der Waals surface area (Å²) in [5, 5.41) is 14.1. The molecule has 0 unspecified atom stereocenters. The Bertz CT molecular complexity index is 1000. The van der Waals surface area contributed by atoms with E-state index in [1.807, 2.05) is 30.3 Å². The number of rotatable bonds is 6. The van der Waals surface area contributed by atoms with E-state index in [9.17, 15) is 9.59 Å². The Labute approximate surface area is 165 Å². The van der Waals surface area contributed by atoms with E-state index in [-0.39, 0.29) is 5.70 Å². The van der Waals surface area contributed by atoms with Crippen LogP contribution in [0.4, 0.5) is 5.82 Å². The summed E-state index contributed by atoms with van der Waals surface area (Å²) < 4.78 is 6.37. The number of amides is 1. The number of benzene rings is 1. The van der Waals surface area contributed by atoms with Gasteiger partial charge in [-0.05, 0) is 41.1 Å². The van der Waals surface area contributed by atoms with E-state index >= 15 is 0 Å². The Kier molecular flexibility index (Phi) is 6.07. The van der Waals surface area contributed by atoms with E-state index in [0.29, 0.717) is 16.7 Å². The Morgan fingerprint density at radius 2 is 2.00 bits per heavy atom. The maximum absolute atomic E-state index is 12.6. The smallest absolute Gasteiger partial charge is 0.357 e. The molecule has 0 fully saturated rings. The Morgan fingerprint density at radius 1 is 1.21 bits per heavy atom. The van der Waals surface area contributed by atoms with Gasteiger partial charge in [-0.15, -0.1) is 5.10 Å². The number of aromatic nitrogens is 5. The van der Waals surface area contributed by atoms with Crippen LogP contribution in [0.15, 0.2) is 48.7 Å². The minimum absolute atomic E-state index is 0.0751. The average molecular weight is 399 g/mol. The third kappa shape index (κ3) is 4.98. The molecule has 0 radical (unpaired) electrons. The predicted molar refractivity (Wildman–Crippen MR) is 102 cm³/mol. The Morgan fingerprint density at radius 3 is 2.64 bits per heavy atom. The van der Waals surface area contributed by atoms with E-state index in [0.717, 1.165) is 5.56 Å². The van der Waals surface area contributed by atoms with Crippen LogP contribution >= 0.6 is 11.6 Å². The molecule has 1 aromatic carbocycles. The van der Waals surface area contributed by atoms with Gasteiger partial charge in [-0.2, -0.15) is 4.68 Å². The monoisotopic (exact) mass is 398 g/mol. The summed E-state index contributed by atoms with van der Waals surface area (Å²) in [5.74, 6) is -0.607. The number of aryl methyl sites for hydroxylation is 1. The number of pyridine rings is 1. The molecule has 28 heavy (non-hydrogen) atoms. The van der Waals surface area contributed by atoms with Crippen molar-refractivity contribution in [3.8, 4) is 0 Å². The molecule has 1 amide bonds. The van der Waals surface area contributed by atoms with Crippen LogP contribution in [0, 0.1) is 6.92 Å². The highest BCUT2D eigenvalue weighted by molar-refractivity contribution is 6.30. The van der Waals surface area contributed by atoms with Gasteiger partial charge in [-0.1, -0.05) is 41.9 Å². The van der Waals surface area contributed by atoms with Crippen molar-refractivity contribution in [3.63, 3.8) is 0 Å². The zero-order valence-electron chi connectivity index (χ0n) is 14.7. The highest BCUT2D eigenvalue weighted by Gasteiger charge is 2.19. The van der Waals surface area contributed by atoms with Crippen molar-refractivity contribution in [2.45, 2.75) is 6.92 Å². The van der Waals surface area contributed by atoms with Gasteiger partial charge in [0.1, 0.15) is 5.82 Å². The third-order valence-corrected chi connectivity index (χ3v) is 3.72. The minimum Gasteiger partial charge on any atom is -0.451 e. The molecule has 0 bridgehead atoms. The molecule has 9 nitrogen and oxygen atoms in total. The highest BCUT2D eigenvalue weighted by Crippen LogP contribution is 2.14. The summed E-state index contributed by atoms with van der Waals surface area (Å²) in [4.78, 5) is 28.5. The first kappa shape index (κ1) is 19.2. The van der Waals surface area contributed by atoms with Crippen molar-refractivity contribution in [1.29, 1.82) is 0 Å². The van der Waals surface area contributed by atoms with Crippen molar-refractivity contribution in [2.75, 3.05) is 11.9 Å². The first-order valence-electron chi connectivity index (χ1n) is 8.13. The molecule has 2 aromatic heterocycles. The lowest BCUT2D eigenvalue weighted by Crippen LogP contribution is -2.23. The fourth-order valence-electron chi connectivity index (χ4n) is 2.20. The largest absolute Gasteiger partial charge is 0.451 e. The molecule has 0 aliphatic heterocycles. The summed E-state index contributed by atoms with van der Waals surface area (Å²) >= 11 is 5.74. The maximum atomic E-state index is 12.6. The molecule has 0 saturated heterocycles. The van der Waals surface area contributed by atoms with Gasteiger partial charge in [0.15, 0.2) is 18.1 Å². The number of esters is 1. The highest BCUT2D eigenvalue weighted by atomic mass is 35.5. The van der Waals surface area contributed by atoms with Crippen LogP contribution in [0.25, 0.3) is 11.8 Å². The number of ether oxygens (including phenoxy) is 1. The zero-order chi connectivity index (χ0) is 19.9. The molecular formula is C18H15ClN6O3. The van der Waals surface area contributed by atoms with E-state index < -0.39 is 18.5 Å². The summed E-state index contributed by atoms with van der Waals surface area (Å²) in [7, 11) is 0. The fourth-order valence-corrected chi connectivity index (χ4v) is 2.31. The summed E-state index contributed by atoms with van der Waals surface area (Å²) in [6, 6.07) is 12.2. The second kappa shape index (κ2) is 8.87. The molecule has 10 heteroatoms. The number of nitrogens with one attached hydrogen (secondary N) is 1. The zero-order valence-corrected chi connectivity index (χ0v) is 15.5. The van der Waals surface area contributed by atoms with Crippen molar-refractivity contribution < 1.29 is 14.3 Å². The van der Waals surface area contributed by atoms with Crippen LogP contribution in [0.5, 0.6) is 0 Å². The summed E-state index contributed by atoms with van der Waals surface area (Å²) in [5.41, 5.74) is 0.824. The molecule has 0 saturated carbocycles. The summed E-state index contributed by atoms with van der Waals surface area (Å²) in [6.45, 7) is 1.14. The number of tetrazole rings is 1. The third-order valence-electron chi connectivity index (χ3n) is 3.49. The van der Waals surface area contributed by atoms with E-state index in [2.05, 4.69) is 25.8 Å². The topological polar surface area (TPSA) is 112 Å². The number of hydrogen-bond donors (Lipinski definition) is 1. The van der Waals surface area contributed by atoms with E-state index in [1.165, 1.54) is 16.9 Å². The van der Waals surface area contributed by atoms with Gasteiger partial charge in [-0.3, -0.25) is 4.79 Å². The number of anilines is 1. The lowest BCUT2D eigenvalue weighted by atomic mass is 10.2. The second-order valence-electron chi connectivity index (χ2n) is 5.56.